The number of halogens is 2. The van der Waals surface area contributed by atoms with E-state index < -0.39 is 34.7 Å². The molecule has 3 rings (SSSR count). The van der Waals surface area contributed by atoms with Crippen LogP contribution in [0.15, 0.2) is 60.9 Å². The van der Waals surface area contributed by atoms with Crippen molar-refractivity contribution in [2.24, 2.45) is 23.7 Å². The summed E-state index contributed by atoms with van der Waals surface area (Å²) in [6.45, 7) is 7.50. The molecule has 0 amide bonds. The number of hydrogen-bond acceptors (Lipinski definition) is 2. The summed E-state index contributed by atoms with van der Waals surface area (Å²) in [5.41, 5.74) is -4.90. The second kappa shape index (κ2) is 7.69. The Labute approximate surface area is 170 Å². The van der Waals surface area contributed by atoms with Gasteiger partial charge in [0.25, 0.3) is 0 Å². The largest absolute Gasteiger partial charge is 0.478 e. The van der Waals surface area contributed by atoms with E-state index in [-0.39, 0.29) is 23.1 Å². The van der Waals surface area contributed by atoms with Crippen molar-refractivity contribution < 1.29 is 18.7 Å². The number of carboxylic acids is 1. The molecule has 29 heavy (non-hydrogen) atoms. The van der Waals surface area contributed by atoms with Gasteiger partial charge in [-0.15, -0.1) is 0 Å². The maximum atomic E-state index is 16.4. The molecular weight excluding hydrogens is 372 g/mol. The van der Waals surface area contributed by atoms with Crippen molar-refractivity contribution in [3.05, 3.63) is 77.7 Å². The highest BCUT2D eigenvalue weighted by molar-refractivity contribution is 5.92. The summed E-state index contributed by atoms with van der Waals surface area (Å²) in [7, 11) is 0. The molecule has 0 fully saturated rings. The van der Waals surface area contributed by atoms with Gasteiger partial charge in [0.15, 0.2) is 11.3 Å². The van der Waals surface area contributed by atoms with E-state index in [1.54, 1.807) is 36.5 Å². The van der Waals surface area contributed by atoms with Crippen LogP contribution in [0.3, 0.4) is 0 Å². The molecule has 4 atom stereocenters. The molecule has 1 aromatic heterocycles. The minimum absolute atomic E-state index is 0.0585. The Bertz CT molecular complexity index is 851. The maximum absolute atomic E-state index is 16.4. The zero-order valence-corrected chi connectivity index (χ0v) is 17.1. The van der Waals surface area contributed by atoms with Gasteiger partial charge in [-0.3, -0.25) is 4.98 Å². The second-order valence-corrected chi connectivity index (χ2v) is 8.45. The van der Waals surface area contributed by atoms with Gasteiger partial charge in [-0.1, -0.05) is 64.2 Å². The van der Waals surface area contributed by atoms with Gasteiger partial charge in [-0.05, 0) is 30.1 Å². The number of aromatic carboxylic acids is 1. The molecule has 0 bridgehead atoms. The summed E-state index contributed by atoms with van der Waals surface area (Å²) in [5.74, 6) is -2.74. The molecule has 0 radical (unpaired) electrons. The zero-order chi connectivity index (χ0) is 21.4. The first-order valence-corrected chi connectivity index (χ1v) is 9.96. The summed E-state index contributed by atoms with van der Waals surface area (Å²) < 4.78 is 32.7. The molecule has 5 heteroatoms. The summed E-state index contributed by atoms with van der Waals surface area (Å²) in [4.78, 5) is 16.4. The van der Waals surface area contributed by atoms with Crippen molar-refractivity contribution in [2.45, 2.75) is 39.0 Å². The number of hydrogen-bond donors (Lipinski definition) is 1. The minimum atomic E-state index is -2.13. The van der Waals surface area contributed by atoms with Gasteiger partial charge in [0.2, 0.25) is 0 Å². The highest BCUT2D eigenvalue weighted by Crippen LogP contribution is 2.48. The monoisotopic (exact) mass is 399 g/mol. The van der Waals surface area contributed by atoms with Crippen LogP contribution in [0.5, 0.6) is 0 Å². The number of alkyl halides is 2. The number of aromatic nitrogens is 1. The molecule has 1 aromatic rings. The van der Waals surface area contributed by atoms with Crippen molar-refractivity contribution in [1.29, 1.82) is 0 Å². The van der Waals surface area contributed by atoms with Crippen LogP contribution in [0.4, 0.5) is 8.78 Å². The molecule has 1 heterocycles. The van der Waals surface area contributed by atoms with Crippen LogP contribution in [-0.2, 0) is 11.3 Å². The van der Waals surface area contributed by atoms with E-state index >= 15 is 8.78 Å². The first-order valence-electron chi connectivity index (χ1n) is 9.96. The number of rotatable bonds is 5. The Morgan fingerprint density at radius 2 is 1.48 bits per heavy atom. The van der Waals surface area contributed by atoms with E-state index in [0.717, 1.165) is 0 Å². The fraction of sp³-hybridized carbons (Fsp3) is 0.417. The van der Waals surface area contributed by atoms with Crippen molar-refractivity contribution in [1.82, 2.24) is 4.98 Å². The lowest BCUT2D eigenvalue weighted by Crippen LogP contribution is -2.38. The average molecular weight is 399 g/mol. The van der Waals surface area contributed by atoms with E-state index in [4.69, 9.17) is 0 Å². The first-order chi connectivity index (χ1) is 13.6. The molecule has 2 aliphatic carbocycles. The second-order valence-electron chi connectivity index (χ2n) is 8.45. The molecule has 2 aliphatic rings. The molecule has 0 saturated heterocycles. The van der Waals surface area contributed by atoms with E-state index in [1.807, 2.05) is 27.7 Å². The van der Waals surface area contributed by atoms with Crippen LogP contribution in [0.25, 0.3) is 0 Å². The van der Waals surface area contributed by atoms with Gasteiger partial charge in [-0.2, -0.15) is 0 Å². The summed E-state index contributed by atoms with van der Waals surface area (Å²) in [6, 6.07) is 1.36. The fourth-order valence-corrected chi connectivity index (χ4v) is 4.47. The van der Waals surface area contributed by atoms with Crippen LogP contribution in [0.2, 0.25) is 0 Å². The highest BCUT2D eigenvalue weighted by Gasteiger charge is 2.48. The molecule has 0 spiro atoms. The Morgan fingerprint density at radius 3 is 2.00 bits per heavy atom. The van der Waals surface area contributed by atoms with Crippen LogP contribution in [0.1, 0.15) is 49.3 Å². The van der Waals surface area contributed by atoms with Crippen LogP contribution < -0.4 is 0 Å². The number of allylic oxidation sites excluding steroid dienone is 8. The van der Waals surface area contributed by atoms with Gasteiger partial charge in [0.1, 0.15) is 0 Å². The van der Waals surface area contributed by atoms with E-state index in [2.05, 4.69) is 4.98 Å². The Morgan fingerprint density at radius 1 is 0.966 bits per heavy atom. The highest BCUT2D eigenvalue weighted by atomic mass is 19.1. The third-order valence-electron chi connectivity index (χ3n) is 5.88. The van der Waals surface area contributed by atoms with Crippen LogP contribution in [-0.4, -0.2) is 16.1 Å². The van der Waals surface area contributed by atoms with Crippen molar-refractivity contribution in [2.75, 3.05) is 0 Å². The topological polar surface area (TPSA) is 50.2 Å². The Hall–Kier alpha value is -2.56. The smallest absolute Gasteiger partial charge is 0.338 e. The third-order valence-corrected chi connectivity index (χ3v) is 5.88. The van der Waals surface area contributed by atoms with Gasteiger partial charge < -0.3 is 5.11 Å². The van der Waals surface area contributed by atoms with E-state index in [0.29, 0.717) is 0 Å². The maximum Gasteiger partial charge on any atom is 0.338 e. The predicted octanol–water partition coefficient (Wildman–Crippen LogP) is 5.91. The molecular formula is C24H27F2NO2. The van der Waals surface area contributed by atoms with Gasteiger partial charge in [-0.25, -0.2) is 13.6 Å². The summed E-state index contributed by atoms with van der Waals surface area (Å²) in [6.07, 6.45) is 14.1. The number of pyridine rings is 1. The Kier molecular flexibility index (Phi) is 5.61. The van der Waals surface area contributed by atoms with Crippen molar-refractivity contribution in [3.63, 3.8) is 0 Å². The lowest BCUT2D eigenvalue weighted by Gasteiger charge is -2.38. The average Bonchev–Trinajstić information content (AvgIpc) is 2.67. The minimum Gasteiger partial charge on any atom is -0.478 e. The molecule has 154 valence electrons. The third kappa shape index (κ3) is 3.47. The lowest BCUT2D eigenvalue weighted by atomic mass is 9.70. The van der Waals surface area contributed by atoms with Gasteiger partial charge in [0, 0.05) is 23.6 Å². The zero-order valence-electron chi connectivity index (χ0n) is 17.1. The molecule has 0 aromatic carbocycles. The van der Waals surface area contributed by atoms with Crippen LogP contribution in [0, 0.1) is 23.7 Å². The molecule has 0 saturated carbocycles. The van der Waals surface area contributed by atoms with Crippen molar-refractivity contribution in [3.8, 4) is 0 Å². The number of nitrogens with zero attached hydrogens (tertiary/aromatic N) is 1. The van der Waals surface area contributed by atoms with E-state index in [9.17, 15) is 9.90 Å². The quantitative estimate of drug-likeness (QED) is 0.670. The lowest BCUT2D eigenvalue weighted by molar-refractivity contribution is 0.0658. The van der Waals surface area contributed by atoms with Crippen molar-refractivity contribution >= 4 is 5.97 Å². The Balaban J connectivity index is 2.27. The normalized spacial score (nSPS) is 31.0. The number of carbonyl (C=O) groups is 1. The standard InChI is InChI=1S/C24H27F2NO2/c1-15(2)17-9-5-7-12-23(17,25)19-11-14-27-21(20(19)22(28)29)24(26)13-8-6-10-18(24)16(3)4/h5-18H,1-4H3,(H,28,29). The van der Waals surface area contributed by atoms with Crippen LogP contribution >= 0.6 is 0 Å². The summed E-state index contributed by atoms with van der Waals surface area (Å²) in [5, 5.41) is 10.0. The fourth-order valence-electron chi connectivity index (χ4n) is 4.47. The number of carboxylic acid groups (broad SMARTS) is 1. The first kappa shape index (κ1) is 21.2. The van der Waals surface area contributed by atoms with E-state index in [1.165, 1.54) is 24.4 Å². The predicted molar refractivity (Wildman–Crippen MR) is 110 cm³/mol. The molecule has 3 nitrogen and oxygen atoms in total. The van der Waals surface area contributed by atoms with Gasteiger partial charge in [0.05, 0.1) is 11.3 Å². The van der Waals surface area contributed by atoms with Gasteiger partial charge >= 0.3 is 5.97 Å². The molecule has 0 aliphatic heterocycles. The molecule has 4 unspecified atom stereocenters. The molecule has 1 N–H and O–H groups in total. The summed E-state index contributed by atoms with van der Waals surface area (Å²) >= 11 is 0. The SMILES string of the molecule is CC(C)C1C=CC=CC1(F)c1ccnc(C2(F)C=CC=CC2C(C)C)c1C(=O)O.